The zero-order chi connectivity index (χ0) is 21.1. The minimum absolute atomic E-state index is 0.172. The van der Waals surface area contributed by atoms with Gasteiger partial charge in [-0.2, -0.15) is 5.10 Å². The molecule has 6 nitrogen and oxygen atoms in total. The number of carbonyl (C=O) groups excluding carboxylic acids is 1. The maximum absolute atomic E-state index is 13.0. The molecule has 1 amide bonds. The minimum atomic E-state index is -0.287. The summed E-state index contributed by atoms with van der Waals surface area (Å²) < 4.78 is 14.8. The highest BCUT2D eigenvalue weighted by Crippen LogP contribution is 2.32. The Kier molecular flexibility index (Phi) is 5.90. The van der Waals surface area contributed by atoms with Crippen molar-refractivity contribution in [2.45, 2.75) is 38.9 Å². The van der Waals surface area contributed by atoms with E-state index in [1.807, 2.05) is 43.2 Å². The van der Waals surface area contributed by atoms with E-state index >= 15 is 0 Å². The fraction of sp³-hybridized carbons (Fsp3) is 0.348. The normalized spacial score (nSPS) is 16.7. The summed E-state index contributed by atoms with van der Waals surface area (Å²) in [5.74, 6) is -0.459. The van der Waals surface area contributed by atoms with Crippen LogP contribution in [0.1, 0.15) is 51.8 Å². The van der Waals surface area contributed by atoms with Crippen LogP contribution in [0.15, 0.2) is 48.8 Å². The number of carbonyl (C=O) groups is 1. The summed E-state index contributed by atoms with van der Waals surface area (Å²) in [5, 5.41) is 7.14. The van der Waals surface area contributed by atoms with E-state index in [0.717, 1.165) is 42.9 Å². The Morgan fingerprint density at radius 2 is 2.00 bits per heavy atom. The van der Waals surface area contributed by atoms with Crippen molar-refractivity contribution in [2.24, 2.45) is 7.05 Å². The molecule has 1 aromatic carbocycles. The maximum Gasteiger partial charge on any atom is 0.253 e. The van der Waals surface area contributed by atoms with E-state index in [2.05, 4.69) is 15.3 Å². The van der Waals surface area contributed by atoms with Crippen LogP contribution in [-0.2, 0) is 20.1 Å². The SMILES string of the molecule is Cc1nc(C2CCCN2Cc2cnn(C)c2)ccc1C(=O)NCc1ccc(F)cc1. The molecule has 1 aliphatic rings. The molecule has 0 aliphatic carbocycles. The standard InChI is InChI=1S/C23H26FN5O/c1-16-20(23(30)25-12-17-5-7-19(24)8-6-17)9-10-21(27-16)22-4-3-11-29(22)15-18-13-26-28(2)14-18/h5-10,13-14,22H,3-4,11-12,15H2,1-2H3,(H,25,30). The van der Waals surface area contributed by atoms with Crippen LogP contribution >= 0.6 is 0 Å². The predicted molar refractivity (Wildman–Crippen MR) is 112 cm³/mol. The number of nitrogens with zero attached hydrogens (tertiary/aromatic N) is 4. The highest BCUT2D eigenvalue weighted by atomic mass is 19.1. The molecule has 1 unspecified atom stereocenters. The lowest BCUT2D eigenvalue weighted by molar-refractivity contribution is 0.0949. The van der Waals surface area contributed by atoms with Gasteiger partial charge in [0.1, 0.15) is 5.82 Å². The zero-order valence-corrected chi connectivity index (χ0v) is 17.3. The van der Waals surface area contributed by atoms with Gasteiger partial charge < -0.3 is 5.32 Å². The predicted octanol–water partition coefficient (Wildman–Crippen LogP) is 3.53. The number of rotatable bonds is 6. The first kappa shape index (κ1) is 20.2. The van der Waals surface area contributed by atoms with Gasteiger partial charge in [0.05, 0.1) is 29.2 Å². The van der Waals surface area contributed by atoms with E-state index in [1.165, 1.54) is 17.7 Å². The maximum atomic E-state index is 13.0. The number of pyridine rings is 1. The molecule has 1 aliphatic heterocycles. The second-order valence-electron chi connectivity index (χ2n) is 7.83. The number of halogens is 1. The Balaban J connectivity index is 1.42. The van der Waals surface area contributed by atoms with Crippen molar-refractivity contribution in [1.29, 1.82) is 0 Å². The summed E-state index contributed by atoms with van der Waals surface area (Å²) in [6.45, 7) is 4.10. The Labute approximate surface area is 175 Å². The van der Waals surface area contributed by atoms with Gasteiger partial charge in [-0.1, -0.05) is 12.1 Å². The average Bonchev–Trinajstić information content (AvgIpc) is 3.36. The van der Waals surface area contributed by atoms with E-state index in [9.17, 15) is 9.18 Å². The zero-order valence-electron chi connectivity index (χ0n) is 17.3. The lowest BCUT2D eigenvalue weighted by Crippen LogP contribution is -2.26. The molecule has 1 fully saturated rings. The summed E-state index contributed by atoms with van der Waals surface area (Å²) >= 11 is 0. The third-order valence-electron chi connectivity index (χ3n) is 5.57. The van der Waals surface area contributed by atoms with Gasteiger partial charge in [-0.25, -0.2) is 4.39 Å². The molecule has 0 saturated carbocycles. The second-order valence-corrected chi connectivity index (χ2v) is 7.83. The average molecular weight is 407 g/mol. The van der Waals surface area contributed by atoms with Crippen LogP contribution in [0.25, 0.3) is 0 Å². The molecular formula is C23H26FN5O. The lowest BCUT2D eigenvalue weighted by Gasteiger charge is -2.24. The molecule has 0 spiro atoms. The van der Waals surface area contributed by atoms with Crippen molar-refractivity contribution in [3.8, 4) is 0 Å². The van der Waals surface area contributed by atoms with E-state index in [0.29, 0.717) is 12.1 Å². The monoisotopic (exact) mass is 407 g/mol. The smallest absolute Gasteiger partial charge is 0.253 e. The van der Waals surface area contributed by atoms with Gasteiger partial charge in [0.25, 0.3) is 5.91 Å². The first-order valence-electron chi connectivity index (χ1n) is 10.2. The first-order chi connectivity index (χ1) is 14.5. The number of benzene rings is 1. The van der Waals surface area contributed by atoms with E-state index in [1.54, 1.807) is 12.1 Å². The van der Waals surface area contributed by atoms with Gasteiger partial charge in [-0.3, -0.25) is 19.4 Å². The minimum Gasteiger partial charge on any atom is -0.348 e. The Morgan fingerprint density at radius 1 is 1.20 bits per heavy atom. The molecule has 30 heavy (non-hydrogen) atoms. The van der Waals surface area contributed by atoms with Crippen LogP contribution in [0, 0.1) is 12.7 Å². The molecule has 1 atom stereocenters. The number of nitrogens with one attached hydrogen (secondary N) is 1. The third kappa shape index (κ3) is 4.57. The summed E-state index contributed by atoms with van der Waals surface area (Å²) in [4.78, 5) is 19.8. The van der Waals surface area contributed by atoms with Gasteiger partial charge in [0.15, 0.2) is 0 Å². The number of likely N-dealkylation sites (tertiary alicyclic amines) is 1. The molecule has 2 aromatic heterocycles. The Bertz CT molecular complexity index is 1030. The van der Waals surface area contributed by atoms with Crippen LogP contribution in [0.4, 0.5) is 4.39 Å². The molecule has 0 bridgehead atoms. The molecule has 3 aromatic rings. The molecule has 3 heterocycles. The highest BCUT2D eigenvalue weighted by Gasteiger charge is 2.28. The lowest BCUT2D eigenvalue weighted by atomic mass is 10.1. The number of amides is 1. The summed E-state index contributed by atoms with van der Waals surface area (Å²) in [5.41, 5.74) is 4.33. The molecule has 1 saturated heterocycles. The molecule has 156 valence electrons. The molecular weight excluding hydrogens is 381 g/mol. The van der Waals surface area contributed by atoms with Crippen LogP contribution in [0.2, 0.25) is 0 Å². The van der Waals surface area contributed by atoms with E-state index in [4.69, 9.17) is 4.98 Å². The second kappa shape index (κ2) is 8.75. The summed E-state index contributed by atoms with van der Waals surface area (Å²) in [7, 11) is 1.93. The van der Waals surface area contributed by atoms with E-state index < -0.39 is 0 Å². The van der Waals surface area contributed by atoms with Gasteiger partial charge in [-0.05, 0) is 56.1 Å². The third-order valence-corrected chi connectivity index (χ3v) is 5.57. The summed E-state index contributed by atoms with van der Waals surface area (Å²) in [6.07, 6.45) is 6.14. The van der Waals surface area contributed by atoms with Gasteiger partial charge in [0, 0.05) is 31.9 Å². The number of hydrogen-bond acceptors (Lipinski definition) is 4. The topological polar surface area (TPSA) is 63.1 Å². The van der Waals surface area contributed by atoms with Crippen molar-refractivity contribution in [1.82, 2.24) is 25.0 Å². The van der Waals surface area contributed by atoms with Crippen LogP contribution < -0.4 is 5.32 Å². The number of hydrogen-bond donors (Lipinski definition) is 1. The largest absolute Gasteiger partial charge is 0.348 e. The molecule has 7 heteroatoms. The number of aryl methyl sites for hydroxylation is 2. The quantitative estimate of drug-likeness (QED) is 0.679. The van der Waals surface area contributed by atoms with Gasteiger partial charge >= 0.3 is 0 Å². The van der Waals surface area contributed by atoms with Crippen LogP contribution in [0.3, 0.4) is 0 Å². The van der Waals surface area contributed by atoms with Gasteiger partial charge in [0.2, 0.25) is 0 Å². The number of aromatic nitrogens is 3. The Morgan fingerprint density at radius 3 is 2.70 bits per heavy atom. The van der Waals surface area contributed by atoms with Crippen molar-refractivity contribution >= 4 is 5.91 Å². The van der Waals surface area contributed by atoms with Crippen LogP contribution in [-0.4, -0.2) is 32.1 Å². The molecule has 4 rings (SSSR count). The van der Waals surface area contributed by atoms with Crippen molar-refractivity contribution in [3.63, 3.8) is 0 Å². The van der Waals surface area contributed by atoms with Crippen molar-refractivity contribution in [2.75, 3.05) is 6.54 Å². The Hall–Kier alpha value is -3.06. The first-order valence-corrected chi connectivity index (χ1v) is 10.2. The molecule has 0 radical (unpaired) electrons. The highest BCUT2D eigenvalue weighted by molar-refractivity contribution is 5.95. The van der Waals surface area contributed by atoms with Crippen molar-refractivity contribution < 1.29 is 9.18 Å². The molecule has 1 N–H and O–H groups in total. The van der Waals surface area contributed by atoms with Crippen molar-refractivity contribution in [3.05, 3.63) is 82.7 Å². The summed E-state index contributed by atoms with van der Waals surface area (Å²) in [6, 6.07) is 10.2. The van der Waals surface area contributed by atoms with Crippen LogP contribution in [0.5, 0.6) is 0 Å². The van der Waals surface area contributed by atoms with Gasteiger partial charge in [-0.15, -0.1) is 0 Å². The van der Waals surface area contributed by atoms with E-state index in [-0.39, 0.29) is 17.8 Å². The fourth-order valence-corrected chi connectivity index (χ4v) is 4.02. The fourth-order valence-electron chi connectivity index (χ4n) is 4.02.